The van der Waals surface area contributed by atoms with Gasteiger partial charge in [0.2, 0.25) is 0 Å². The molecule has 0 amide bonds. The minimum absolute atomic E-state index is 0.267. The predicted octanol–water partition coefficient (Wildman–Crippen LogP) is 1.57. The van der Waals surface area contributed by atoms with Crippen LogP contribution in [0.1, 0.15) is 44.0 Å². The van der Waals surface area contributed by atoms with Crippen LogP contribution in [0.2, 0.25) is 0 Å². The minimum Gasteiger partial charge on any atom is -0.380 e. The number of nitrogens with two attached hydrogens (primary N) is 1. The third kappa shape index (κ3) is 2.62. The molecule has 2 N–H and O–H groups in total. The van der Waals surface area contributed by atoms with Crippen LogP contribution in [0.3, 0.4) is 0 Å². The lowest BCUT2D eigenvalue weighted by molar-refractivity contribution is -0.0193. The van der Waals surface area contributed by atoms with Crippen LogP contribution < -0.4 is 5.73 Å². The van der Waals surface area contributed by atoms with Gasteiger partial charge in [0.15, 0.2) is 0 Å². The van der Waals surface area contributed by atoms with Crippen molar-refractivity contribution in [1.82, 2.24) is 14.5 Å². The average Bonchev–Trinajstić information content (AvgIpc) is 3.20. The smallest absolute Gasteiger partial charge is 0.0951 e. The second kappa shape index (κ2) is 5.84. The predicted molar refractivity (Wildman–Crippen MR) is 78.4 cm³/mol. The zero-order chi connectivity index (χ0) is 14.1. The number of ether oxygens (including phenoxy) is 1. The summed E-state index contributed by atoms with van der Waals surface area (Å²) in [7, 11) is 1.82. The van der Waals surface area contributed by atoms with E-state index in [0.717, 1.165) is 13.1 Å². The van der Waals surface area contributed by atoms with Gasteiger partial charge in [0.25, 0.3) is 0 Å². The Labute approximate surface area is 121 Å². The van der Waals surface area contributed by atoms with Crippen molar-refractivity contribution < 1.29 is 4.74 Å². The van der Waals surface area contributed by atoms with Crippen molar-refractivity contribution in [1.29, 1.82) is 0 Å². The second-order valence-electron chi connectivity index (χ2n) is 6.24. The van der Waals surface area contributed by atoms with Crippen LogP contribution in [-0.2, 0) is 4.74 Å². The summed E-state index contributed by atoms with van der Waals surface area (Å²) in [5.41, 5.74) is 7.36. The summed E-state index contributed by atoms with van der Waals surface area (Å²) >= 11 is 0. The molecule has 1 aromatic heterocycles. The fourth-order valence-corrected chi connectivity index (χ4v) is 3.34. The summed E-state index contributed by atoms with van der Waals surface area (Å²) in [5, 5.41) is 0. The largest absolute Gasteiger partial charge is 0.380 e. The van der Waals surface area contributed by atoms with Gasteiger partial charge in [-0.3, -0.25) is 4.90 Å². The van der Waals surface area contributed by atoms with Gasteiger partial charge in [-0.15, -0.1) is 0 Å². The van der Waals surface area contributed by atoms with Crippen LogP contribution in [0.5, 0.6) is 0 Å². The molecular weight excluding hydrogens is 252 g/mol. The van der Waals surface area contributed by atoms with Crippen LogP contribution in [-0.4, -0.2) is 47.3 Å². The van der Waals surface area contributed by atoms with E-state index in [0.29, 0.717) is 24.6 Å². The number of methoxy groups -OCH3 is 1. The molecule has 1 aromatic rings. The second-order valence-corrected chi connectivity index (χ2v) is 6.24. The maximum Gasteiger partial charge on any atom is 0.0951 e. The minimum atomic E-state index is 0.267. The van der Waals surface area contributed by atoms with Gasteiger partial charge in [0, 0.05) is 32.4 Å². The van der Waals surface area contributed by atoms with Crippen molar-refractivity contribution in [3.63, 3.8) is 0 Å². The SMILES string of the molecule is COC1CN(C(CN)c2cncn2C2CC2)CCC1C. The highest BCUT2D eigenvalue weighted by atomic mass is 16.5. The highest BCUT2D eigenvalue weighted by molar-refractivity contribution is 5.10. The molecule has 0 bridgehead atoms. The third-order valence-corrected chi connectivity index (χ3v) is 4.87. The number of aromatic nitrogens is 2. The summed E-state index contributed by atoms with van der Waals surface area (Å²) in [6.45, 7) is 4.98. The van der Waals surface area contributed by atoms with E-state index >= 15 is 0 Å². The summed E-state index contributed by atoms with van der Waals surface area (Å²) in [5.74, 6) is 0.628. The monoisotopic (exact) mass is 278 g/mol. The quantitative estimate of drug-likeness (QED) is 0.888. The van der Waals surface area contributed by atoms with E-state index in [1.165, 1.54) is 25.0 Å². The van der Waals surface area contributed by atoms with Gasteiger partial charge in [0.1, 0.15) is 0 Å². The van der Waals surface area contributed by atoms with Crippen LogP contribution in [0.15, 0.2) is 12.5 Å². The fraction of sp³-hybridized carbons (Fsp3) is 0.800. The highest BCUT2D eigenvalue weighted by Gasteiger charge is 2.34. The number of piperidine rings is 1. The molecule has 112 valence electrons. The molecule has 1 aliphatic heterocycles. The van der Waals surface area contributed by atoms with Crippen molar-refractivity contribution in [2.75, 3.05) is 26.7 Å². The Morgan fingerprint density at radius 1 is 1.45 bits per heavy atom. The van der Waals surface area contributed by atoms with Gasteiger partial charge in [-0.25, -0.2) is 4.98 Å². The van der Waals surface area contributed by atoms with E-state index in [9.17, 15) is 0 Å². The molecule has 3 rings (SSSR count). The summed E-state index contributed by atoms with van der Waals surface area (Å²) in [4.78, 5) is 6.83. The first-order valence-corrected chi connectivity index (χ1v) is 7.73. The fourth-order valence-electron chi connectivity index (χ4n) is 3.34. The molecule has 0 radical (unpaired) electrons. The van der Waals surface area contributed by atoms with E-state index < -0.39 is 0 Å². The van der Waals surface area contributed by atoms with Crippen molar-refractivity contribution in [2.45, 2.75) is 44.4 Å². The Hall–Kier alpha value is -0.910. The molecule has 2 heterocycles. The molecule has 20 heavy (non-hydrogen) atoms. The highest BCUT2D eigenvalue weighted by Crippen LogP contribution is 2.38. The van der Waals surface area contributed by atoms with E-state index in [1.54, 1.807) is 0 Å². The number of hydrogen-bond donors (Lipinski definition) is 1. The van der Waals surface area contributed by atoms with Gasteiger partial charge in [-0.1, -0.05) is 6.92 Å². The van der Waals surface area contributed by atoms with E-state index in [2.05, 4.69) is 21.4 Å². The number of rotatable bonds is 5. The summed E-state index contributed by atoms with van der Waals surface area (Å²) < 4.78 is 7.96. The summed E-state index contributed by atoms with van der Waals surface area (Å²) in [6, 6.07) is 0.923. The molecule has 1 saturated heterocycles. The molecule has 3 unspecified atom stereocenters. The lowest BCUT2D eigenvalue weighted by Gasteiger charge is -2.40. The van der Waals surface area contributed by atoms with Gasteiger partial charge in [0.05, 0.1) is 24.2 Å². The van der Waals surface area contributed by atoms with Crippen LogP contribution in [0.4, 0.5) is 0 Å². The third-order valence-electron chi connectivity index (χ3n) is 4.87. The van der Waals surface area contributed by atoms with Crippen molar-refractivity contribution in [2.24, 2.45) is 11.7 Å². The van der Waals surface area contributed by atoms with Crippen molar-refractivity contribution in [3.05, 3.63) is 18.2 Å². The molecule has 0 spiro atoms. The Balaban J connectivity index is 1.77. The Bertz CT molecular complexity index is 443. The van der Waals surface area contributed by atoms with Crippen LogP contribution in [0.25, 0.3) is 0 Å². The Kier molecular flexibility index (Phi) is 4.10. The van der Waals surface area contributed by atoms with Crippen LogP contribution in [0, 0.1) is 5.92 Å². The molecule has 1 aliphatic carbocycles. The maximum absolute atomic E-state index is 6.08. The molecule has 5 heteroatoms. The van der Waals surface area contributed by atoms with Gasteiger partial charge in [-0.2, -0.15) is 0 Å². The number of hydrogen-bond acceptors (Lipinski definition) is 4. The number of imidazole rings is 1. The lowest BCUT2D eigenvalue weighted by atomic mass is 9.94. The molecule has 2 aliphatic rings. The van der Waals surface area contributed by atoms with Crippen LogP contribution >= 0.6 is 0 Å². The number of likely N-dealkylation sites (tertiary alicyclic amines) is 1. The first-order valence-electron chi connectivity index (χ1n) is 7.73. The Morgan fingerprint density at radius 3 is 2.90 bits per heavy atom. The normalized spacial score (nSPS) is 29.6. The standard InChI is InChI=1S/C15H26N4O/c1-11-5-6-18(9-15(11)20-2)13(7-16)14-8-17-10-19(14)12-3-4-12/h8,10-13,15H,3-7,9,16H2,1-2H3. The topological polar surface area (TPSA) is 56.3 Å². The summed E-state index contributed by atoms with van der Waals surface area (Å²) in [6.07, 6.45) is 8.00. The molecule has 2 fully saturated rings. The molecule has 3 atom stereocenters. The molecular formula is C15H26N4O. The first kappa shape index (κ1) is 14.0. The van der Waals surface area contributed by atoms with E-state index in [1.807, 2.05) is 19.6 Å². The van der Waals surface area contributed by atoms with Crippen molar-refractivity contribution >= 4 is 0 Å². The lowest BCUT2D eigenvalue weighted by Crippen LogP contribution is -2.47. The first-order chi connectivity index (χ1) is 9.74. The number of nitrogens with zero attached hydrogens (tertiary/aromatic N) is 3. The molecule has 5 nitrogen and oxygen atoms in total. The Morgan fingerprint density at radius 2 is 2.25 bits per heavy atom. The zero-order valence-corrected chi connectivity index (χ0v) is 12.5. The van der Waals surface area contributed by atoms with Gasteiger partial charge >= 0.3 is 0 Å². The molecule has 1 saturated carbocycles. The maximum atomic E-state index is 6.08. The average molecular weight is 278 g/mol. The van der Waals surface area contributed by atoms with E-state index in [-0.39, 0.29) is 6.04 Å². The van der Waals surface area contributed by atoms with Gasteiger partial charge < -0.3 is 15.0 Å². The van der Waals surface area contributed by atoms with E-state index in [4.69, 9.17) is 10.5 Å². The zero-order valence-electron chi connectivity index (χ0n) is 12.5. The van der Waals surface area contributed by atoms with Gasteiger partial charge in [-0.05, 0) is 31.7 Å². The van der Waals surface area contributed by atoms with Crippen molar-refractivity contribution in [3.8, 4) is 0 Å². The molecule has 0 aromatic carbocycles.